The summed E-state index contributed by atoms with van der Waals surface area (Å²) in [5.41, 5.74) is 2.21. The summed E-state index contributed by atoms with van der Waals surface area (Å²) in [5.74, 6) is -0.823. The second kappa shape index (κ2) is 14.2. The van der Waals surface area contributed by atoms with Gasteiger partial charge in [0.25, 0.3) is 10.0 Å². The Morgan fingerprint density at radius 1 is 0.818 bits per heavy atom. The summed E-state index contributed by atoms with van der Waals surface area (Å²) < 4.78 is 30.2. The minimum atomic E-state index is -4.14. The van der Waals surface area contributed by atoms with Crippen LogP contribution in [0.4, 0.5) is 5.69 Å². The van der Waals surface area contributed by atoms with Crippen LogP contribution in [-0.2, 0) is 32.6 Å². The minimum Gasteiger partial charge on any atom is -0.350 e. The second-order valence-corrected chi connectivity index (χ2v) is 14.5. The number of para-hydroxylation sites is 1. The molecule has 44 heavy (non-hydrogen) atoms. The van der Waals surface area contributed by atoms with E-state index in [1.165, 1.54) is 17.0 Å². The van der Waals surface area contributed by atoms with Gasteiger partial charge in [-0.25, -0.2) is 8.42 Å². The van der Waals surface area contributed by atoms with Crippen molar-refractivity contribution in [3.8, 4) is 0 Å². The molecule has 4 aromatic carbocycles. The summed E-state index contributed by atoms with van der Waals surface area (Å²) in [6.45, 7) is 7.07. The van der Waals surface area contributed by atoms with Crippen molar-refractivity contribution in [2.75, 3.05) is 10.8 Å². The van der Waals surface area contributed by atoms with Crippen LogP contribution in [0.15, 0.2) is 119 Å². The Bertz CT molecular complexity index is 1690. The molecule has 0 aliphatic heterocycles. The number of nitrogens with zero attached hydrogens (tertiary/aromatic N) is 2. The lowest BCUT2D eigenvalue weighted by atomic mass is 10.0. The summed E-state index contributed by atoms with van der Waals surface area (Å²) in [5, 5.41) is 3.05. The van der Waals surface area contributed by atoms with Crippen LogP contribution in [0, 0.1) is 6.92 Å². The van der Waals surface area contributed by atoms with Gasteiger partial charge < -0.3 is 10.2 Å². The predicted octanol–water partition coefficient (Wildman–Crippen LogP) is 6.51. The van der Waals surface area contributed by atoms with E-state index < -0.39 is 34.1 Å². The van der Waals surface area contributed by atoms with Gasteiger partial charge in [-0.15, -0.1) is 0 Å². The van der Waals surface area contributed by atoms with Crippen LogP contribution in [0.5, 0.6) is 0 Å². The van der Waals surface area contributed by atoms with Gasteiger partial charge in [-0.1, -0.05) is 94.8 Å². The lowest BCUT2D eigenvalue weighted by Crippen LogP contribution is -2.56. The van der Waals surface area contributed by atoms with Crippen molar-refractivity contribution < 1.29 is 18.0 Å². The number of amides is 2. The first-order chi connectivity index (χ1) is 20.8. The van der Waals surface area contributed by atoms with Crippen molar-refractivity contribution >= 4 is 43.5 Å². The van der Waals surface area contributed by atoms with Crippen LogP contribution in [-0.4, -0.2) is 43.3 Å². The largest absolute Gasteiger partial charge is 0.350 e. The molecule has 0 spiro atoms. The molecule has 2 amide bonds. The van der Waals surface area contributed by atoms with E-state index >= 15 is 0 Å². The molecule has 1 N–H and O–H groups in total. The van der Waals surface area contributed by atoms with E-state index in [0.717, 1.165) is 19.9 Å². The number of anilines is 1. The fraction of sp³-hybridized carbons (Fsp3) is 0.257. The van der Waals surface area contributed by atoms with E-state index in [4.69, 9.17) is 0 Å². The number of sulfonamides is 1. The summed E-state index contributed by atoms with van der Waals surface area (Å²) in [6, 6.07) is 31.2. The zero-order valence-electron chi connectivity index (χ0n) is 25.4. The zero-order chi connectivity index (χ0) is 31.9. The predicted molar refractivity (Wildman–Crippen MR) is 179 cm³/mol. The summed E-state index contributed by atoms with van der Waals surface area (Å²) in [4.78, 5) is 30.1. The lowest BCUT2D eigenvalue weighted by Gasteiger charge is -2.35. The highest BCUT2D eigenvalue weighted by Gasteiger charge is 2.36. The molecule has 0 aliphatic carbocycles. The number of benzene rings is 4. The minimum absolute atomic E-state index is 0.0703. The first-order valence-corrected chi connectivity index (χ1v) is 16.6. The number of carbonyl (C=O) groups is 2. The molecule has 0 saturated heterocycles. The maximum Gasteiger partial charge on any atom is 0.264 e. The van der Waals surface area contributed by atoms with Crippen LogP contribution >= 0.6 is 15.9 Å². The first-order valence-electron chi connectivity index (χ1n) is 14.4. The molecule has 230 valence electrons. The molecule has 7 nitrogen and oxygen atoms in total. The third kappa shape index (κ3) is 8.57. The van der Waals surface area contributed by atoms with Gasteiger partial charge in [0.2, 0.25) is 11.8 Å². The SMILES string of the molecule is Cc1ccccc1N(CC(=O)N(Cc1cccc(Br)c1)C(Cc1ccccc1)C(=O)NC(C)(C)C)S(=O)(=O)c1ccccc1. The molecule has 0 saturated carbocycles. The standard InChI is InChI=1S/C35H38BrN3O4S/c1-26-14-11-12-21-31(26)39(44(42,43)30-19-9-6-10-20-30)25-33(40)38(24-28-17-13-18-29(36)22-28)32(34(41)37-35(2,3)4)23-27-15-7-5-8-16-27/h5-22,32H,23-25H2,1-4H3,(H,37,41). The van der Waals surface area contributed by atoms with Crippen molar-refractivity contribution in [2.45, 2.75) is 57.1 Å². The van der Waals surface area contributed by atoms with Gasteiger partial charge in [-0.05, 0) is 74.7 Å². The Kier molecular flexibility index (Phi) is 10.7. The number of hydrogen-bond donors (Lipinski definition) is 1. The molecule has 0 aromatic heterocycles. The third-order valence-electron chi connectivity index (χ3n) is 7.01. The number of rotatable bonds is 11. The fourth-order valence-corrected chi connectivity index (χ4v) is 6.86. The molecule has 0 radical (unpaired) electrons. The van der Waals surface area contributed by atoms with Crippen molar-refractivity contribution in [2.24, 2.45) is 0 Å². The van der Waals surface area contributed by atoms with Gasteiger partial charge >= 0.3 is 0 Å². The quantitative estimate of drug-likeness (QED) is 0.196. The molecule has 0 fully saturated rings. The number of aryl methyl sites for hydroxylation is 1. The molecule has 0 heterocycles. The van der Waals surface area contributed by atoms with Crippen LogP contribution in [0.3, 0.4) is 0 Å². The van der Waals surface area contributed by atoms with Gasteiger partial charge in [-0.2, -0.15) is 0 Å². The van der Waals surface area contributed by atoms with Crippen molar-refractivity contribution in [1.82, 2.24) is 10.2 Å². The molecular weight excluding hydrogens is 638 g/mol. The smallest absolute Gasteiger partial charge is 0.264 e. The summed E-state index contributed by atoms with van der Waals surface area (Å²) >= 11 is 3.51. The Balaban J connectivity index is 1.82. The van der Waals surface area contributed by atoms with Crippen molar-refractivity contribution in [3.05, 3.63) is 130 Å². The van der Waals surface area contributed by atoms with E-state index in [9.17, 15) is 18.0 Å². The van der Waals surface area contributed by atoms with Crippen LogP contribution in [0.2, 0.25) is 0 Å². The van der Waals surface area contributed by atoms with Gasteiger partial charge in [0, 0.05) is 23.0 Å². The van der Waals surface area contributed by atoms with E-state index in [1.807, 2.05) is 94.4 Å². The number of hydrogen-bond acceptors (Lipinski definition) is 4. The summed E-state index contributed by atoms with van der Waals surface area (Å²) in [7, 11) is -4.14. The van der Waals surface area contributed by atoms with Crippen LogP contribution in [0.25, 0.3) is 0 Å². The van der Waals surface area contributed by atoms with Crippen LogP contribution < -0.4 is 9.62 Å². The molecular formula is C35H38BrN3O4S. The Morgan fingerprint density at radius 2 is 1.41 bits per heavy atom. The van der Waals surface area contributed by atoms with E-state index in [-0.39, 0.29) is 23.8 Å². The molecule has 4 rings (SSSR count). The molecule has 0 bridgehead atoms. The summed E-state index contributed by atoms with van der Waals surface area (Å²) in [6.07, 6.45) is 0.248. The Hall–Kier alpha value is -3.95. The Morgan fingerprint density at radius 3 is 2.02 bits per heavy atom. The average Bonchev–Trinajstić information content (AvgIpc) is 2.98. The third-order valence-corrected chi connectivity index (χ3v) is 9.27. The van der Waals surface area contributed by atoms with Crippen molar-refractivity contribution in [1.29, 1.82) is 0 Å². The second-order valence-electron chi connectivity index (χ2n) is 11.7. The van der Waals surface area contributed by atoms with Crippen molar-refractivity contribution in [3.63, 3.8) is 0 Å². The normalized spacial score (nSPS) is 12.3. The number of nitrogens with one attached hydrogen (secondary N) is 1. The van der Waals surface area contributed by atoms with Gasteiger partial charge in [0.05, 0.1) is 10.6 Å². The lowest BCUT2D eigenvalue weighted by molar-refractivity contribution is -0.140. The molecule has 4 aromatic rings. The average molecular weight is 677 g/mol. The van der Waals surface area contributed by atoms with E-state index in [1.54, 1.807) is 30.3 Å². The van der Waals surface area contributed by atoms with E-state index in [2.05, 4.69) is 21.2 Å². The topological polar surface area (TPSA) is 86.8 Å². The van der Waals surface area contributed by atoms with Crippen LogP contribution in [0.1, 0.15) is 37.5 Å². The van der Waals surface area contributed by atoms with E-state index in [0.29, 0.717) is 11.3 Å². The number of halogens is 1. The first kappa shape index (κ1) is 33.0. The highest BCUT2D eigenvalue weighted by atomic mass is 79.9. The molecule has 1 atom stereocenters. The Labute approximate surface area is 269 Å². The van der Waals surface area contributed by atoms with Gasteiger partial charge in [0.1, 0.15) is 12.6 Å². The van der Waals surface area contributed by atoms with Gasteiger partial charge in [-0.3, -0.25) is 13.9 Å². The maximum atomic E-state index is 14.5. The highest BCUT2D eigenvalue weighted by molar-refractivity contribution is 9.10. The van der Waals surface area contributed by atoms with Gasteiger partial charge in [0.15, 0.2) is 0 Å². The molecule has 1 unspecified atom stereocenters. The highest BCUT2D eigenvalue weighted by Crippen LogP contribution is 2.28. The zero-order valence-corrected chi connectivity index (χ0v) is 27.8. The molecule has 0 aliphatic rings. The maximum absolute atomic E-state index is 14.5. The molecule has 9 heteroatoms. The number of carbonyl (C=O) groups excluding carboxylic acids is 2. The fourth-order valence-electron chi connectivity index (χ4n) is 4.92. The monoisotopic (exact) mass is 675 g/mol.